The number of ether oxygens (including phenoxy) is 1. The highest BCUT2D eigenvalue weighted by Crippen LogP contribution is 2.29. The van der Waals surface area contributed by atoms with E-state index in [2.05, 4.69) is 0 Å². The molecule has 0 amide bonds. The summed E-state index contributed by atoms with van der Waals surface area (Å²) in [4.78, 5) is 22.3. The molecule has 2 aromatic carbocycles. The molecule has 0 saturated heterocycles. The first kappa shape index (κ1) is 23.4. The molecule has 182 valence electrons. The lowest BCUT2D eigenvalue weighted by Crippen LogP contribution is -2.23. The van der Waals surface area contributed by atoms with Crippen LogP contribution < -0.4 is 0 Å². The van der Waals surface area contributed by atoms with E-state index in [1.807, 2.05) is 63.2 Å². The number of fused-ring (bicyclic) bond motifs is 1. The van der Waals surface area contributed by atoms with Crippen molar-refractivity contribution in [2.24, 2.45) is 0 Å². The molecule has 0 atom stereocenters. The average Bonchev–Trinajstić information content (AvgIpc) is 3.47. The summed E-state index contributed by atoms with van der Waals surface area (Å²) >= 11 is 0. The van der Waals surface area contributed by atoms with E-state index in [0.717, 1.165) is 11.1 Å². The molecule has 0 aliphatic rings. The molecule has 5 rings (SSSR count). The standard InChI is InChI=1S/C29H27N3O4/c1-29(2,3)36-28(34)21-12-7-11-20(16-21)25-18-32-26(23(30-25)15-19-9-5-4-6-10-19)31-24(27(32)33)17-22-13-8-14-35-22/h4-14,16,18,33H,15,17H2,1-3H3. The molecule has 1 N–H and O–H groups in total. The van der Waals surface area contributed by atoms with Crippen LogP contribution >= 0.6 is 0 Å². The Hall–Kier alpha value is -4.39. The zero-order valence-electron chi connectivity index (χ0n) is 20.4. The van der Waals surface area contributed by atoms with E-state index in [0.29, 0.717) is 46.9 Å². The molecule has 0 spiro atoms. The van der Waals surface area contributed by atoms with E-state index in [9.17, 15) is 9.90 Å². The predicted molar refractivity (Wildman–Crippen MR) is 136 cm³/mol. The molecule has 3 aromatic heterocycles. The summed E-state index contributed by atoms with van der Waals surface area (Å²) in [6.45, 7) is 5.51. The summed E-state index contributed by atoms with van der Waals surface area (Å²) in [5.41, 5.74) is 4.03. The van der Waals surface area contributed by atoms with E-state index < -0.39 is 11.6 Å². The monoisotopic (exact) mass is 481 g/mol. The van der Waals surface area contributed by atoms with Crippen LogP contribution in [-0.2, 0) is 17.6 Å². The van der Waals surface area contributed by atoms with Gasteiger partial charge in [-0.2, -0.15) is 0 Å². The largest absolute Gasteiger partial charge is 0.493 e. The average molecular weight is 482 g/mol. The normalized spacial score (nSPS) is 11.6. The summed E-state index contributed by atoms with van der Waals surface area (Å²) in [6, 6.07) is 20.8. The van der Waals surface area contributed by atoms with Gasteiger partial charge in [-0.3, -0.25) is 4.40 Å². The SMILES string of the molecule is CC(C)(C)OC(=O)c1cccc(-c2cn3c(O)c(Cc4ccco4)nc3c(Cc3ccccc3)n2)c1. The Balaban J connectivity index is 1.61. The summed E-state index contributed by atoms with van der Waals surface area (Å²) in [6.07, 6.45) is 4.22. The molecule has 0 bridgehead atoms. The van der Waals surface area contributed by atoms with Gasteiger partial charge in [0, 0.05) is 18.2 Å². The number of hydrogen-bond donors (Lipinski definition) is 1. The van der Waals surface area contributed by atoms with Gasteiger partial charge in [-0.05, 0) is 50.6 Å². The van der Waals surface area contributed by atoms with Gasteiger partial charge in [0.1, 0.15) is 17.1 Å². The Kier molecular flexibility index (Phi) is 6.06. The van der Waals surface area contributed by atoms with Crippen molar-refractivity contribution in [1.82, 2.24) is 14.4 Å². The maximum absolute atomic E-state index is 12.7. The maximum Gasteiger partial charge on any atom is 0.338 e. The van der Waals surface area contributed by atoms with Crippen LogP contribution in [0.4, 0.5) is 0 Å². The number of carbonyl (C=O) groups excluding carboxylic acids is 1. The molecule has 7 heteroatoms. The lowest BCUT2D eigenvalue weighted by Gasteiger charge is -2.19. The molecule has 3 heterocycles. The Morgan fingerprint density at radius 2 is 1.78 bits per heavy atom. The number of esters is 1. The molecule has 5 aromatic rings. The van der Waals surface area contributed by atoms with Gasteiger partial charge >= 0.3 is 5.97 Å². The van der Waals surface area contributed by atoms with Crippen molar-refractivity contribution in [3.63, 3.8) is 0 Å². The molecule has 36 heavy (non-hydrogen) atoms. The molecule has 0 aliphatic carbocycles. The van der Waals surface area contributed by atoms with E-state index in [4.69, 9.17) is 19.1 Å². The lowest BCUT2D eigenvalue weighted by molar-refractivity contribution is 0.00695. The molecule has 0 fully saturated rings. The summed E-state index contributed by atoms with van der Waals surface area (Å²) in [5, 5.41) is 11.1. The molecule has 0 aliphatic heterocycles. The Labute approximate surface area is 209 Å². The number of hydrogen-bond acceptors (Lipinski definition) is 6. The van der Waals surface area contributed by atoms with Crippen LogP contribution in [-0.4, -0.2) is 31.0 Å². The third-order valence-electron chi connectivity index (χ3n) is 5.65. The van der Waals surface area contributed by atoms with Gasteiger partial charge < -0.3 is 14.3 Å². The third kappa shape index (κ3) is 5.00. The first-order valence-corrected chi connectivity index (χ1v) is 11.8. The quantitative estimate of drug-likeness (QED) is 0.307. The van der Waals surface area contributed by atoms with Gasteiger partial charge in [-0.25, -0.2) is 14.8 Å². The highest BCUT2D eigenvalue weighted by atomic mass is 16.6. The molecular weight excluding hydrogens is 454 g/mol. The Bertz CT molecular complexity index is 1510. The van der Waals surface area contributed by atoms with Crippen molar-refractivity contribution in [2.45, 2.75) is 39.2 Å². The second kappa shape index (κ2) is 9.34. The molecular formula is C29H27N3O4. The molecule has 0 unspecified atom stereocenters. The number of aromatic hydroxyl groups is 1. The van der Waals surface area contributed by atoms with Crippen molar-refractivity contribution in [2.75, 3.05) is 0 Å². The maximum atomic E-state index is 12.7. The third-order valence-corrected chi connectivity index (χ3v) is 5.65. The van der Waals surface area contributed by atoms with Crippen LogP contribution in [0.3, 0.4) is 0 Å². The number of benzene rings is 2. The zero-order valence-corrected chi connectivity index (χ0v) is 20.4. The van der Waals surface area contributed by atoms with Crippen molar-refractivity contribution in [3.8, 4) is 17.1 Å². The van der Waals surface area contributed by atoms with Crippen LogP contribution in [0.25, 0.3) is 16.9 Å². The van der Waals surface area contributed by atoms with Crippen LogP contribution in [0.2, 0.25) is 0 Å². The zero-order chi connectivity index (χ0) is 25.3. The second-order valence-corrected chi connectivity index (χ2v) is 9.65. The minimum atomic E-state index is -0.597. The highest BCUT2D eigenvalue weighted by molar-refractivity contribution is 5.91. The number of carbonyl (C=O) groups is 1. The van der Waals surface area contributed by atoms with Gasteiger partial charge in [0.25, 0.3) is 0 Å². The van der Waals surface area contributed by atoms with E-state index in [-0.39, 0.29) is 5.88 Å². The fourth-order valence-corrected chi connectivity index (χ4v) is 4.03. The van der Waals surface area contributed by atoms with E-state index in [1.165, 1.54) is 0 Å². The minimum Gasteiger partial charge on any atom is -0.493 e. The molecule has 0 radical (unpaired) electrons. The van der Waals surface area contributed by atoms with Crippen LogP contribution in [0.15, 0.2) is 83.6 Å². The van der Waals surface area contributed by atoms with E-state index >= 15 is 0 Å². The minimum absolute atomic E-state index is 0.0302. The van der Waals surface area contributed by atoms with Gasteiger partial charge in [-0.1, -0.05) is 42.5 Å². The number of nitrogens with zero attached hydrogens (tertiary/aromatic N) is 3. The van der Waals surface area contributed by atoms with Crippen LogP contribution in [0, 0.1) is 0 Å². The Morgan fingerprint density at radius 1 is 0.972 bits per heavy atom. The van der Waals surface area contributed by atoms with E-state index in [1.54, 1.807) is 41.1 Å². The van der Waals surface area contributed by atoms with Crippen molar-refractivity contribution >= 4 is 11.6 Å². The number of furan rings is 1. The van der Waals surface area contributed by atoms with Crippen molar-refractivity contribution < 1.29 is 19.1 Å². The summed E-state index contributed by atoms with van der Waals surface area (Å²) < 4.78 is 12.6. The van der Waals surface area contributed by atoms with Crippen molar-refractivity contribution in [1.29, 1.82) is 0 Å². The number of imidazole rings is 1. The topological polar surface area (TPSA) is 89.9 Å². The molecule has 7 nitrogen and oxygen atoms in total. The first-order chi connectivity index (χ1) is 17.3. The summed E-state index contributed by atoms with van der Waals surface area (Å²) in [7, 11) is 0. The lowest BCUT2D eigenvalue weighted by atomic mass is 10.1. The fourth-order valence-electron chi connectivity index (χ4n) is 4.03. The summed E-state index contributed by atoms with van der Waals surface area (Å²) in [5.74, 6) is 0.334. The number of aromatic nitrogens is 3. The van der Waals surface area contributed by atoms with Gasteiger partial charge in [-0.15, -0.1) is 0 Å². The first-order valence-electron chi connectivity index (χ1n) is 11.8. The van der Waals surface area contributed by atoms with Crippen LogP contribution in [0.1, 0.15) is 53.8 Å². The smallest absolute Gasteiger partial charge is 0.338 e. The van der Waals surface area contributed by atoms with Gasteiger partial charge in [0.2, 0.25) is 5.88 Å². The molecule has 0 saturated carbocycles. The van der Waals surface area contributed by atoms with Crippen molar-refractivity contribution in [3.05, 3.63) is 107 Å². The highest BCUT2D eigenvalue weighted by Gasteiger charge is 2.21. The predicted octanol–water partition coefficient (Wildman–Crippen LogP) is 5.83. The van der Waals surface area contributed by atoms with Gasteiger partial charge in [0.15, 0.2) is 5.65 Å². The Morgan fingerprint density at radius 3 is 2.50 bits per heavy atom. The number of rotatable bonds is 6. The van der Waals surface area contributed by atoms with Crippen LogP contribution in [0.5, 0.6) is 5.88 Å². The second-order valence-electron chi connectivity index (χ2n) is 9.65. The van der Waals surface area contributed by atoms with Gasteiger partial charge in [0.05, 0.1) is 29.6 Å². The fraction of sp³-hybridized carbons (Fsp3) is 0.207.